The van der Waals surface area contributed by atoms with Gasteiger partial charge in [-0.15, -0.1) is 0 Å². The van der Waals surface area contributed by atoms with Crippen LogP contribution >= 0.6 is 35.4 Å². The minimum atomic E-state index is -0.326. The van der Waals surface area contributed by atoms with Crippen LogP contribution < -0.4 is 15.0 Å². The summed E-state index contributed by atoms with van der Waals surface area (Å²) in [7, 11) is 0. The number of halogens is 2. The SMILES string of the molecule is CC(C)(C)c1cc[n+](/C(C(=S)NCc2ccco2)=C(/[O-])c2cc(Cl)ccc2Cl)cc1. The third-order valence-corrected chi connectivity index (χ3v) is 5.46. The van der Waals surface area contributed by atoms with Crippen LogP contribution in [0.5, 0.6) is 0 Å². The van der Waals surface area contributed by atoms with E-state index in [0.29, 0.717) is 22.4 Å². The zero-order valence-corrected chi connectivity index (χ0v) is 19.2. The van der Waals surface area contributed by atoms with Gasteiger partial charge in [0, 0.05) is 22.2 Å². The van der Waals surface area contributed by atoms with Crippen LogP contribution in [0.4, 0.5) is 0 Å². The Morgan fingerprint density at radius 1 is 1.13 bits per heavy atom. The smallest absolute Gasteiger partial charge is 0.238 e. The molecule has 30 heavy (non-hydrogen) atoms. The molecule has 2 aromatic heterocycles. The molecular formula is C23H22Cl2N2O2S. The van der Waals surface area contributed by atoms with Gasteiger partial charge in [-0.2, -0.15) is 4.57 Å². The van der Waals surface area contributed by atoms with Gasteiger partial charge in [0.25, 0.3) is 0 Å². The maximum absolute atomic E-state index is 13.5. The number of rotatable bonds is 5. The first-order valence-electron chi connectivity index (χ1n) is 9.36. The van der Waals surface area contributed by atoms with Crippen molar-refractivity contribution in [3.8, 4) is 0 Å². The molecule has 0 aliphatic rings. The van der Waals surface area contributed by atoms with Crippen LogP contribution in [0.1, 0.15) is 37.7 Å². The van der Waals surface area contributed by atoms with Crippen LogP contribution in [-0.4, -0.2) is 4.99 Å². The summed E-state index contributed by atoms with van der Waals surface area (Å²) in [5.74, 6) is 0.381. The molecule has 3 rings (SSSR count). The van der Waals surface area contributed by atoms with Crippen molar-refractivity contribution in [2.45, 2.75) is 32.7 Å². The van der Waals surface area contributed by atoms with Gasteiger partial charge in [-0.3, -0.25) is 0 Å². The lowest BCUT2D eigenvalue weighted by atomic mass is 9.88. The second kappa shape index (κ2) is 9.21. The normalized spacial score (nSPS) is 12.4. The lowest BCUT2D eigenvalue weighted by molar-refractivity contribution is -0.578. The third kappa shape index (κ3) is 5.22. The first-order valence-corrected chi connectivity index (χ1v) is 10.5. The van der Waals surface area contributed by atoms with E-state index in [1.807, 2.05) is 30.6 Å². The van der Waals surface area contributed by atoms with Crippen molar-refractivity contribution in [3.63, 3.8) is 0 Å². The van der Waals surface area contributed by atoms with Crippen molar-refractivity contribution >= 4 is 51.9 Å². The molecule has 4 nitrogen and oxygen atoms in total. The van der Waals surface area contributed by atoms with Crippen molar-refractivity contribution in [2.24, 2.45) is 0 Å². The standard InChI is InChI=1S/C23H22Cl2N2O2S/c1-23(2,3)15-8-10-27(11-9-15)20(22(30)26-14-17-5-4-12-29-17)21(28)18-13-16(24)6-7-19(18)25/h4-13H,14H2,1-3H3,(H-,26,28,30). The Kier molecular flexibility index (Phi) is 6.86. The Bertz CT molecular complexity index is 1070. The number of nitrogens with one attached hydrogen (secondary N) is 1. The molecule has 156 valence electrons. The lowest BCUT2D eigenvalue weighted by Gasteiger charge is -2.20. The van der Waals surface area contributed by atoms with Gasteiger partial charge in [0.1, 0.15) is 5.76 Å². The first kappa shape index (κ1) is 22.3. The predicted octanol–water partition coefficient (Wildman–Crippen LogP) is 4.97. The summed E-state index contributed by atoms with van der Waals surface area (Å²) in [6.45, 7) is 6.74. The Balaban J connectivity index is 2.06. The monoisotopic (exact) mass is 460 g/mol. The van der Waals surface area contributed by atoms with Gasteiger partial charge < -0.3 is 14.8 Å². The average Bonchev–Trinajstić information content (AvgIpc) is 3.22. The van der Waals surface area contributed by atoms with Crippen molar-refractivity contribution < 1.29 is 14.1 Å². The fourth-order valence-corrected chi connectivity index (χ4v) is 3.52. The summed E-state index contributed by atoms with van der Waals surface area (Å²) in [6, 6.07) is 12.4. The molecule has 0 saturated heterocycles. The molecule has 1 aromatic carbocycles. The van der Waals surface area contributed by atoms with E-state index < -0.39 is 0 Å². The zero-order valence-electron chi connectivity index (χ0n) is 16.9. The molecule has 7 heteroatoms. The van der Waals surface area contributed by atoms with Crippen molar-refractivity contribution in [2.75, 3.05) is 0 Å². The maximum Gasteiger partial charge on any atom is 0.238 e. The van der Waals surface area contributed by atoms with Crippen LogP contribution in [0.15, 0.2) is 65.5 Å². The Hall–Kier alpha value is -2.34. The van der Waals surface area contributed by atoms with Crippen molar-refractivity contribution in [3.05, 3.63) is 88.1 Å². The van der Waals surface area contributed by atoms with Gasteiger partial charge in [0.05, 0.1) is 12.8 Å². The van der Waals surface area contributed by atoms with E-state index in [9.17, 15) is 5.11 Å². The number of thiocarbonyl (C=S) groups is 1. The number of furan rings is 1. The average molecular weight is 461 g/mol. The molecule has 0 saturated carbocycles. The van der Waals surface area contributed by atoms with Gasteiger partial charge in [-0.05, 0) is 52.6 Å². The molecule has 2 heterocycles. The van der Waals surface area contributed by atoms with E-state index in [2.05, 4.69) is 26.1 Å². The molecule has 0 aliphatic carbocycles. The fourth-order valence-electron chi connectivity index (χ4n) is 2.88. The van der Waals surface area contributed by atoms with Crippen LogP contribution in [-0.2, 0) is 12.0 Å². The second-order valence-corrected chi connectivity index (χ2v) is 9.06. The molecule has 1 N–H and O–H groups in total. The molecule has 0 radical (unpaired) electrons. The van der Waals surface area contributed by atoms with E-state index in [0.717, 1.165) is 5.56 Å². The van der Waals surface area contributed by atoms with Crippen molar-refractivity contribution in [1.82, 2.24) is 5.32 Å². The summed E-state index contributed by atoms with van der Waals surface area (Å²) < 4.78 is 7.04. The summed E-state index contributed by atoms with van der Waals surface area (Å²) >= 11 is 18.0. The van der Waals surface area contributed by atoms with Gasteiger partial charge in [-0.25, -0.2) is 0 Å². The van der Waals surface area contributed by atoms with Gasteiger partial charge in [0.2, 0.25) is 5.70 Å². The number of nitrogens with zero attached hydrogens (tertiary/aromatic N) is 1. The van der Waals surface area contributed by atoms with Crippen LogP contribution in [0.25, 0.3) is 11.5 Å². The molecule has 0 amide bonds. The maximum atomic E-state index is 13.5. The van der Waals surface area contributed by atoms with Crippen LogP contribution in [0.2, 0.25) is 10.0 Å². The predicted molar refractivity (Wildman–Crippen MR) is 123 cm³/mol. The van der Waals surface area contributed by atoms with E-state index in [1.54, 1.807) is 35.1 Å². The highest BCUT2D eigenvalue weighted by Crippen LogP contribution is 2.27. The second-order valence-electron chi connectivity index (χ2n) is 7.81. The number of benzene rings is 1. The quantitative estimate of drug-likeness (QED) is 0.252. The minimum absolute atomic E-state index is 0.0163. The molecule has 0 aliphatic heterocycles. The minimum Gasteiger partial charge on any atom is -0.867 e. The van der Waals surface area contributed by atoms with Gasteiger partial charge >= 0.3 is 0 Å². The number of hydrogen-bond donors (Lipinski definition) is 1. The third-order valence-electron chi connectivity index (χ3n) is 4.56. The summed E-state index contributed by atoms with van der Waals surface area (Å²) in [5, 5.41) is 17.3. The summed E-state index contributed by atoms with van der Waals surface area (Å²) in [5.41, 5.74) is 1.69. The van der Waals surface area contributed by atoms with Gasteiger partial charge in [0.15, 0.2) is 17.4 Å². The van der Waals surface area contributed by atoms with E-state index in [1.165, 1.54) is 0 Å². The van der Waals surface area contributed by atoms with E-state index in [-0.39, 0.29) is 27.4 Å². The molecule has 0 bridgehead atoms. The Morgan fingerprint density at radius 2 is 1.83 bits per heavy atom. The molecule has 0 fully saturated rings. The topological polar surface area (TPSA) is 52.1 Å². The van der Waals surface area contributed by atoms with Crippen LogP contribution in [0.3, 0.4) is 0 Å². The Labute approximate surface area is 191 Å². The lowest BCUT2D eigenvalue weighted by Crippen LogP contribution is -2.42. The molecule has 0 atom stereocenters. The molecule has 3 aromatic rings. The largest absolute Gasteiger partial charge is 0.867 e. The van der Waals surface area contributed by atoms with Gasteiger partial charge in [-0.1, -0.05) is 56.2 Å². The number of aromatic nitrogens is 1. The zero-order chi connectivity index (χ0) is 21.9. The molecule has 0 unspecified atom stereocenters. The molecule has 0 spiro atoms. The van der Waals surface area contributed by atoms with E-state index >= 15 is 0 Å². The number of hydrogen-bond acceptors (Lipinski definition) is 3. The Morgan fingerprint density at radius 3 is 2.43 bits per heavy atom. The fraction of sp³-hybridized carbons (Fsp3) is 0.217. The first-order chi connectivity index (χ1) is 14.2. The highest BCUT2D eigenvalue weighted by atomic mass is 35.5. The van der Waals surface area contributed by atoms with Crippen molar-refractivity contribution in [1.29, 1.82) is 0 Å². The number of pyridine rings is 1. The van der Waals surface area contributed by atoms with Crippen LogP contribution in [0, 0.1) is 0 Å². The molecular weight excluding hydrogens is 439 g/mol. The highest BCUT2D eigenvalue weighted by molar-refractivity contribution is 7.81. The summed E-state index contributed by atoms with van der Waals surface area (Å²) in [6.07, 6.45) is 5.24. The summed E-state index contributed by atoms with van der Waals surface area (Å²) in [4.78, 5) is 0.279. The van der Waals surface area contributed by atoms with E-state index in [4.69, 9.17) is 39.8 Å². The highest BCUT2D eigenvalue weighted by Gasteiger charge is 2.22.